The second kappa shape index (κ2) is 4.97. The fourth-order valence-electron chi connectivity index (χ4n) is 2.18. The molecule has 3 nitrogen and oxygen atoms in total. The Morgan fingerprint density at radius 2 is 2.25 bits per heavy atom. The molecule has 4 heteroatoms. The largest absolute Gasteiger partial charge is 0.338 e. The minimum absolute atomic E-state index is 0.179. The molecule has 1 fully saturated rings. The van der Waals surface area contributed by atoms with Crippen LogP contribution in [0.15, 0.2) is 17.5 Å². The van der Waals surface area contributed by atoms with Crippen LogP contribution < -0.4 is 5.73 Å². The zero-order valence-electron chi connectivity index (χ0n) is 9.56. The molecule has 1 aromatic heterocycles. The number of carbonyl (C=O) groups is 1. The van der Waals surface area contributed by atoms with Crippen LogP contribution in [0, 0.1) is 5.92 Å². The van der Waals surface area contributed by atoms with Gasteiger partial charge in [-0.3, -0.25) is 4.79 Å². The zero-order chi connectivity index (χ0) is 11.5. The molecule has 2 heterocycles. The quantitative estimate of drug-likeness (QED) is 0.856. The van der Waals surface area contributed by atoms with E-state index < -0.39 is 0 Å². The summed E-state index contributed by atoms with van der Waals surface area (Å²) in [5.74, 6) is 0.755. The highest BCUT2D eigenvalue weighted by Gasteiger charge is 2.25. The molecule has 1 aliphatic heterocycles. The molecule has 1 unspecified atom stereocenters. The highest BCUT2D eigenvalue weighted by Crippen LogP contribution is 2.22. The van der Waals surface area contributed by atoms with E-state index in [4.69, 9.17) is 5.73 Å². The Balaban J connectivity index is 1.92. The molecule has 1 amide bonds. The number of hydrogen-bond donors (Lipinski definition) is 1. The molecule has 1 atom stereocenters. The van der Waals surface area contributed by atoms with Crippen molar-refractivity contribution in [1.82, 2.24) is 4.90 Å². The predicted molar refractivity (Wildman–Crippen MR) is 66.6 cm³/mol. The molecule has 0 aliphatic carbocycles. The van der Waals surface area contributed by atoms with Gasteiger partial charge in [0, 0.05) is 19.1 Å². The number of nitrogens with two attached hydrogens (primary N) is 1. The minimum Gasteiger partial charge on any atom is -0.338 e. The van der Waals surface area contributed by atoms with Crippen LogP contribution in [0.2, 0.25) is 0 Å². The molecule has 0 aromatic carbocycles. The van der Waals surface area contributed by atoms with E-state index in [2.05, 4.69) is 6.92 Å². The van der Waals surface area contributed by atoms with Crippen molar-refractivity contribution in [2.24, 2.45) is 11.7 Å². The maximum absolute atomic E-state index is 12.0. The number of carbonyl (C=O) groups excluding carboxylic acids is 1. The molecule has 0 spiro atoms. The molecule has 88 valence electrons. The van der Waals surface area contributed by atoms with Gasteiger partial charge in [0.25, 0.3) is 5.91 Å². The van der Waals surface area contributed by atoms with Crippen molar-refractivity contribution >= 4 is 17.2 Å². The lowest BCUT2D eigenvalue weighted by Gasteiger charge is -2.33. The highest BCUT2D eigenvalue weighted by molar-refractivity contribution is 7.12. The summed E-state index contributed by atoms with van der Waals surface area (Å²) in [5.41, 5.74) is 5.88. The van der Waals surface area contributed by atoms with Crippen molar-refractivity contribution in [1.29, 1.82) is 0 Å². The van der Waals surface area contributed by atoms with E-state index in [0.717, 1.165) is 30.8 Å². The first-order valence-electron chi connectivity index (χ1n) is 5.77. The van der Waals surface area contributed by atoms with Gasteiger partial charge in [-0.15, -0.1) is 11.3 Å². The van der Waals surface area contributed by atoms with Crippen LogP contribution in [0.5, 0.6) is 0 Å². The molecule has 1 saturated heterocycles. The summed E-state index contributed by atoms with van der Waals surface area (Å²) >= 11 is 1.52. The first-order valence-corrected chi connectivity index (χ1v) is 6.65. The van der Waals surface area contributed by atoms with Gasteiger partial charge in [0.1, 0.15) is 0 Å². The highest BCUT2D eigenvalue weighted by atomic mass is 32.1. The van der Waals surface area contributed by atoms with Gasteiger partial charge in [0.15, 0.2) is 0 Å². The Morgan fingerprint density at radius 1 is 1.56 bits per heavy atom. The Morgan fingerprint density at radius 3 is 2.75 bits per heavy atom. The van der Waals surface area contributed by atoms with E-state index in [-0.39, 0.29) is 11.9 Å². The molecule has 1 aromatic rings. The number of likely N-dealkylation sites (tertiary alicyclic amines) is 1. The van der Waals surface area contributed by atoms with Gasteiger partial charge in [-0.25, -0.2) is 0 Å². The average molecular weight is 238 g/mol. The van der Waals surface area contributed by atoms with E-state index >= 15 is 0 Å². The summed E-state index contributed by atoms with van der Waals surface area (Å²) in [7, 11) is 0. The summed E-state index contributed by atoms with van der Waals surface area (Å²) in [6.07, 6.45) is 2.07. The number of rotatable bonds is 2. The second-order valence-corrected chi connectivity index (χ2v) is 5.41. The summed E-state index contributed by atoms with van der Waals surface area (Å²) in [4.78, 5) is 14.8. The van der Waals surface area contributed by atoms with Crippen molar-refractivity contribution in [3.8, 4) is 0 Å². The fraction of sp³-hybridized carbons (Fsp3) is 0.583. The zero-order valence-corrected chi connectivity index (χ0v) is 10.4. The lowest BCUT2D eigenvalue weighted by molar-refractivity contribution is 0.0686. The summed E-state index contributed by atoms with van der Waals surface area (Å²) in [6.45, 7) is 3.76. The van der Waals surface area contributed by atoms with Crippen molar-refractivity contribution in [3.05, 3.63) is 22.4 Å². The standard InChI is InChI=1S/C12H18N2OS/c1-9(13)10-4-6-14(7-5-10)12(15)11-3-2-8-16-11/h2-3,8-10H,4-7,13H2,1H3. The smallest absolute Gasteiger partial charge is 0.263 e. The predicted octanol–water partition coefficient (Wildman–Crippen LogP) is 1.95. The molecule has 2 N–H and O–H groups in total. The third-order valence-corrected chi connectivity index (χ3v) is 4.16. The van der Waals surface area contributed by atoms with Crippen molar-refractivity contribution in [2.75, 3.05) is 13.1 Å². The first-order chi connectivity index (χ1) is 7.68. The third-order valence-electron chi connectivity index (χ3n) is 3.30. The van der Waals surface area contributed by atoms with Gasteiger partial charge >= 0.3 is 0 Å². The maximum Gasteiger partial charge on any atom is 0.263 e. The fourth-order valence-corrected chi connectivity index (χ4v) is 2.88. The van der Waals surface area contributed by atoms with Gasteiger partial charge in [0.2, 0.25) is 0 Å². The molecular formula is C12H18N2OS. The lowest BCUT2D eigenvalue weighted by Crippen LogP contribution is -2.42. The van der Waals surface area contributed by atoms with Crippen molar-refractivity contribution in [3.63, 3.8) is 0 Å². The normalized spacial score (nSPS) is 19.8. The summed E-state index contributed by atoms with van der Waals surface area (Å²) < 4.78 is 0. The number of thiophene rings is 1. The molecule has 0 radical (unpaired) electrons. The maximum atomic E-state index is 12.0. The van der Waals surface area contributed by atoms with Crippen LogP contribution in [-0.4, -0.2) is 29.9 Å². The van der Waals surface area contributed by atoms with Gasteiger partial charge in [-0.2, -0.15) is 0 Å². The Hall–Kier alpha value is -0.870. The Labute approximate surface area is 100 Å². The lowest BCUT2D eigenvalue weighted by atomic mass is 9.91. The van der Waals surface area contributed by atoms with E-state index in [1.165, 1.54) is 11.3 Å². The van der Waals surface area contributed by atoms with Crippen LogP contribution in [0.1, 0.15) is 29.4 Å². The summed E-state index contributed by atoms with van der Waals surface area (Å²) in [6, 6.07) is 4.07. The number of nitrogens with zero attached hydrogens (tertiary/aromatic N) is 1. The van der Waals surface area contributed by atoms with Crippen LogP contribution >= 0.6 is 11.3 Å². The van der Waals surface area contributed by atoms with E-state index in [1.54, 1.807) is 0 Å². The second-order valence-electron chi connectivity index (χ2n) is 4.47. The number of amides is 1. The van der Waals surface area contributed by atoms with Crippen LogP contribution in [-0.2, 0) is 0 Å². The number of piperidine rings is 1. The topological polar surface area (TPSA) is 46.3 Å². The van der Waals surface area contributed by atoms with Crippen molar-refractivity contribution < 1.29 is 4.79 Å². The monoisotopic (exact) mass is 238 g/mol. The Bertz CT molecular complexity index is 340. The van der Waals surface area contributed by atoms with E-state index in [0.29, 0.717) is 5.92 Å². The molecule has 0 bridgehead atoms. The van der Waals surface area contributed by atoms with Crippen LogP contribution in [0.3, 0.4) is 0 Å². The molecule has 1 aliphatic rings. The molecule has 2 rings (SSSR count). The van der Waals surface area contributed by atoms with E-state index in [1.807, 2.05) is 22.4 Å². The van der Waals surface area contributed by atoms with Crippen molar-refractivity contribution in [2.45, 2.75) is 25.8 Å². The third kappa shape index (κ3) is 2.44. The van der Waals surface area contributed by atoms with Gasteiger partial charge in [-0.1, -0.05) is 6.07 Å². The number of hydrogen-bond acceptors (Lipinski definition) is 3. The van der Waals surface area contributed by atoms with Gasteiger partial charge < -0.3 is 10.6 Å². The first kappa shape index (κ1) is 11.6. The molecular weight excluding hydrogens is 220 g/mol. The average Bonchev–Trinajstić information content (AvgIpc) is 2.81. The minimum atomic E-state index is 0.179. The van der Waals surface area contributed by atoms with E-state index in [9.17, 15) is 4.79 Å². The van der Waals surface area contributed by atoms with Crippen LogP contribution in [0.4, 0.5) is 0 Å². The molecule has 0 saturated carbocycles. The van der Waals surface area contributed by atoms with Gasteiger partial charge in [-0.05, 0) is 37.1 Å². The molecule has 16 heavy (non-hydrogen) atoms. The van der Waals surface area contributed by atoms with Crippen LogP contribution in [0.25, 0.3) is 0 Å². The Kier molecular flexibility index (Phi) is 3.61. The SMILES string of the molecule is CC(N)C1CCN(C(=O)c2cccs2)CC1. The summed E-state index contributed by atoms with van der Waals surface area (Å²) in [5, 5.41) is 1.95. The van der Waals surface area contributed by atoms with Gasteiger partial charge in [0.05, 0.1) is 4.88 Å².